The molecule has 0 N–H and O–H groups in total. The van der Waals surface area contributed by atoms with Gasteiger partial charge in [0, 0.05) is 0 Å². The first kappa shape index (κ1) is 37.5. The molecule has 0 aliphatic carbocycles. The third kappa shape index (κ3) is 120. The van der Waals surface area contributed by atoms with Gasteiger partial charge in [-0.2, -0.15) is 0 Å². The average molecular weight is 364 g/mol. The van der Waals surface area contributed by atoms with Crippen molar-refractivity contribution in [1.29, 1.82) is 0 Å². The predicted molar refractivity (Wildman–Crippen MR) is 72.3 cm³/mol. The number of rotatable bonds is 4. The van der Waals surface area contributed by atoms with Crippen LogP contribution in [0.15, 0.2) is 50.6 Å². The van der Waals surface area contributed by atoms with Crippen molar-refractivity contribution in [3.63, 3.8) is 0 Å². The van der Waals surface area contributed by atoms with Gasteiger partial charge in [0.25, 0.3) is 0 Å². The van der Waals surface area contributed by atoms with Crippen LogP contribution in [0.2, 0.25) is 0 Å². The van der Waals surface area contributed by atoms with E-state index in [-0.39, 0.29) is 75.5 Å². The number of carbonyl (C=O) groups is 4. The quantitative estimate of drug-likeness (QED) is 0.354. The van der Waals surface area contributed by atoms with Crippen LogP contribution < -0.4 is 20.4 Å². The predicted octanol–water partition coefficient (Wildman–Crippen LogP) is -5.07. The Morgan fingerprint density at radius 3 is 0.545 bits per heavy atom. The molecule has 0 spiro atoms. The van der Waals surface area contributed by atoms with Crippen molar-refractivity contribution in [2.24, 2.45) is 0 Å². The van der Waals surface area contributed by atoms with E-state index < -0.39 is 23.9 Å². The summed E-state index contributed by atoms with van der Waals surface area (Å²) in [5.74, 6) is -4.93. The molecule has 0 heterocycles. The van der Waals surface area contributed by atoms with Gasteiger partial charge in [-0.3, -0.25) is 0 Å². The summed E-state index contributed by atoms with van der Waals surface area (Å²) in [7, 11) is 0. The van der Waals surface area contributed by atoms with Gasteiger partial charge in [0.15, 0.2) is 0 Å². The molecule has 22 heavy (non-hydrogen) atoms. The molecular formula is C12H12Ca2O8. The minimum atomic E-state index is -1.23. The van der Waals surface area contributed by atoms with Crippen LogP contribution in [0.25, 0.3) is 0 Å². The molecule has 0 bridgehead atoms. The second kappa shape index (κ2) is 32.3. The standard InChI is InChI=1S/4C3H4O2.2Ca/c4*1-2-3(4)5;;/h4*2H,1H2,(H,4,5);;/q;;;;2*+2/p-4. The molecule has 0 aromatic rings. The van der Waals surface area contributed by atoms with Gasteiger partial charge in [-0.05, 0) is 24.3 Å². The summed E-state index contributed by atoms with van der Waals surface area (Å²) in [5, 5.41) is 36.6. The number of carboxylic acid groups (broad SMARTS) is 4. The van der Waals surface area contributed by atoms with Crippen LogP contribution in [-0.2, 0) is 19.2 Å². The van der Waals surface area contributed by atoms with Crippen molar-refractivity contribution >= 4 is 99.4 Å². The Morgan fingerprint density at radius 1 is 0.500 bits per heavy atom. The topological polar surface area (TPSA) is 161 Å². The number of carboxylic acids is 4. The number of hydrogen-bond donors (Lipinski definition) is 0. The van der Waals surface area contributed by atoms with Gasteiger partial charge in [0.05, 0.1) is 23.9 Å². The van der Waals surface area contributed by atoms with E-state index in [0.29, 0.717) is 0 Å². The minimum Gasteiger partial charge on any atom is -0.545 e. The van der Waals surface area contributed by atoms with Crippen LogP contribution in [0.4, 0.5) is 0 Å². The van der Waals surface area contributed by atoms with Crippen molar-refractivity contribution in [2.75, 3.05) is 0 Å². The van der Waals surface area contributed by atoms with Gasteiger partial charge in [0.1, 0.15) is 0 Å². The van der Waals surface area contributed by atoms with Crippen LogP contribution >= 0.6 is 0 Å². The van der Waals surface area contributed by atoms with E-state index in [1.54, 1.807) is 0 Å². The maximum absolute atomic E-state index is 9.14. The molecule has 0 unspecified atom stereocenters. The van der Waals surface area contributed by atoms with Crippen molar-refractivity contribution < 1.29 is 39.6 Å². The zero-order valence-corrected chi connectivity index (χ0v) is 16.2. The number of aliphatic carboxylic acids is 4. The Balaban J connectivity index is -0.0000000376. The molecule has 112 valence electrons. The molecule has 0 aliphatic rings. The third-order valence-electron chi connectivity index (χ3n) is 0.667. The van der Waals surface area contributed by atoms with Gasteiger partial charge < -0.3 is 39.6 Å². The molecule has 10 heteroatoms. The molecule has 0 saturated heterocycles. The Labute approximate surface area is 187 Å². The number of carbonyl (C=O) groups excluding carboxylic acids is 4. The first-order valence-corrected chi connectivity index (χ1v) is 4.42. The first-order valence-electron chi connectivity index (χ1n) is 4.42. The Morgan fingerprint density at radius 2 is 0.545 bits per heavy atom. The van der Waals surface area contributed by atoms with Crippen LogP contribution in [0, 0.1) is 0 Å². The van der Waals surface area contributed by atoms with Gasteiger partial charge >= 0.3 is 75.5 Å². The molecule has 0 fully saturated rings. The molecule has 0 amide bonds. The molecular weight excluding hydrogens is 352 g/mol. The van der Waals surface area contributed by atoms with Crippen molar-refractivity contribution in [2.45, 2.75) is 0 Å². The third-order valence-corrected chi connectivity index (χ3v) is 0.667. The van der Waals surface area contributed by atoms with Crippen molar-refractivity contribution in [1.82, 2.24) is 0 Å². The summed E-state index contributed by atoms with van der Waals surface area (Å²) >= 11 is 0. The SMILES string of the molecule is C=CC(=O)[O-].C=CC(=O)[O-].C=CC(=O)[O-].C=CC(=O)[O-].[Ca+2].[Ca+2]. The molecule has 0 aromatic heterocycles. The normalized spacial score (nSPS) is 5.82. The monoisotopic (exact) mass is 364 g/mol. The summed E-state index contributed by atoms with van der Waals surface area (Å²) in [6.07, 6.45) is 2.89. The maximum Gasteiger partial charge on any atom is 2.00 e. The summed E-state index contributed by atoms with van der Waals surface area (Å²) in [6.45, 7) is 11.6. The second-order valence-corrected chi connectivity index (χ2v) is 2.09. The van der Waals surface area contributed by atoms with E-state index in [4.69, 9.17) is 39.6 Å². The van der Waals surface area contributed by atoms with E-state index in [9.17, 15) is 0 Å². The van der Waals surface area contributed by atoms with Gasteiger partial charge in [-0.25, -0.2) is 0 Å². The zero-order chi connectivity index (χ0) is 17.1. The van der Waals surface area contributed by atoms with Gasteiger partial charge in [0.2, 0.25) is 0 Å². The van der Waals surface area contributed by atoms with Crippen molar-refractivity contribution in [3.8, 4) is 0 Å². The summed E-state index contributed by atoms with van der Waals surface area (Å²) in [6, 6.07) is 0. The van der Waals surface area contributed by atoms with Crippen molar-refractivity contribution in [3.05, 3.63) is 50.6 Å². The Bertz CT molecular complexity index is 305. The zero-order valence-electron chi connectivity index (χ0n) is 11.8. The summed E-state index contributed by atoms with van der Waals surface area (Å²) in [4.78, 5) is 36.6. The van der Waals surface area contributed by atoms with Crippen LogP contribution in [0.3, 0.4) is 0 Å². The van der Waals surface area contributed by atoms with E-state index in [1.165, 1.54) is 0 Å². The smallest absolute Gasteiger partial charge is 0.545 e. The molecule has 0 radical (unpaired) electrons. The fourth-order valence-corrected chi connectivity index (χ4v) is 0. The Kier molecular flexibility index (Phi) is 55.2. The van der Waals surface area contributed by atoms with E-state index in [1.807, 2.05) is 0 Å². The number of hydrogen-bond acceptors (Lipinski definition) is 8. The average Bonchev–Trinajstić information content (AvgIpc) is 2.40. The second-order valence-electron chi connectivity index (χ2n) is 2.09. The largest absolute Gasteiger partial charge is 2.00 e. The molecule has 0 aromatic carbocycles. The summed E-state index contributed by atoms with van der Waals surface area (Å²) in [5.41, 5.74) is 0. The minimum absolute atomic E-state index is 0. The van der Waals surface area contributed by atoms with Gasteiger partial charge in [-0.15, -0.1) is 0 Å². The van der Waals surface area contributed by atoms with Crippen LogP contribution in [0.5, 0.6) is 0 Å². The first-order chi connectivity index (χ1) is 9.08. The van der Waals surface area contributed by atoms with Crippen LogP contribution in [-0.4, -0.2) is 99.4 Å². The molecule has 8 nitrogen and oxygen atoms in total. The fourth-order valence-electron chi connectivity index (χ4n) is 0. The molecule has 0 aliphatic heterocycles. The van der Waals surface area contributed by atoms with Crippen LogP contribution in [0.1, 0.15) is 0 Å². The summed E-state index contributed by atoms with van der Waals surface area (Å²) < 4.78 is 0. The molecule has 0 rings (SSSR count). The molecule has 0 atom stereocenters. The fraction of sp³-hybridized carbons (Fsp3) is 0. The van der Waals surface area contributed by atoms with E-state index >= 15 is 0 Å². The Hall–Kier alpha value is -0.641. The molecule has 0 saturated carbocycles. The maximum atomic E-state index is 9.14. The van der Waals surface area contributed by atoms with Gasteiger partial charge in [-0.1, -0.05) is 26.3 Å². The van der Waals surface area contributed by atoms with E-state index in [2.05, 4.69) is 26.3 Å². The van der Waals surface area contributed by atoms with E-state index in [0.717, 1.165) is 24.3 Å².